The number of amides is 1. The Labute approximate surface area is 139 Å². The van der Waals surface area contributed by atoms with E-state index in [9.17, 15) is 9.59 Å². The van der Waals surface area contributed by atoms with Gasteiger partial charge in [0.2, 0.25) is 0 Å². The molecule has 0 bridgehead atoms. The number of aryl methyl sites for hydroxylation is 1. The van der Waals surface area contributed by atoms with Gasteiger partial charge in [-0.05, 0) is 44.2 Å². The maximum Gasteiger partial charge on any atom is 0.263 e. The first-order valence-corrected chi connectivity index (χ1v) is 7.81. The number of aromatic nitrogens is 1. The predicted molar refractivity (Wildman–Crippen MR) is 97.5 cm³/mol. The molecule has 0 radical (unpaired) electrons. The van der Waals surface area contributed by atoms with Crippen molar-refractivity contribution in [2.75, 3.05) is 17.2 Å². The van der Waals surface area contributed by atoms with E-state index in [0.717, 1.165) is 11.3 Å². The van der Waals surface area contributed by atoms with Crippen LogP contribution in [0.4, 0.5) is 11.4 Å². The molecule has 3 rings (SSSR count). The van der Waals surface area contributed by atoms with Crippen molar-refractivity contribution < 1.29 is 4.79 Å². The quantitative estimate of drug-likeness (QED) is 0.728. The number of benzene rings is 2. The predicted octanol–water partition coefficient (Wildman–Crippen LogP) is 3.09. The molecule has 0 saturated heterocycles. The van der Waals surface area contributed by atoms with Crippen LogP contribution in [0, 0.1) is 6.92 Å². The number of hydrogen-bond donors (Lipinski definition) is 2. The van der Waals surface area contributed by atoms with E-state index in [0.29, 0.717) is 23.1 Å². The first kappa shape index (κ1) is 15.8. The summed E-state index contributed by atoms with van der Waals surface area (Å²) < 4.78 is 0. The van der Waals surface area contributed by atoms with E-state index in [4.69, 9.17) is 5.73 Å². The Hall–Kier alpha value is -3.08. The molecule has 0 aliphatic carbocycles. The van der Waals surface area contributed by atoms with Crippen molar-refractivity contribution in [1.82, 2.24) is 4.98 Å². The van der Waals surface area contributed by atoms with E-state index in [-0.39, 0.29) is 11.5 Å². The Bertz CT molecular complexity index is 959. The highest BCUT2D eigenvalue weighted by Crippen LogP contribution is 2.21. The van der Waals surface area contributed by atoms with Crippen LogP contribution in [0.1, 0.15) is 22.8 Å². The number of hydrogen-bond acceptors (Lipinski definition) is 3. The number of pyridine rings is 1. The lowest BCUT2D eigenvalue weighted by atomic mass is 10.1. The van der Waals surface area contributed by atoms with Crippen molar-refractivity contribution in [2.45, 2.75) is 13.8 Å². The fourth-order valence-electron chi connectivity index (χ4n) is 2.73. The van der Waals surface area contributed by atoms with Gasteiger partial charge in [0.1, 0.15) is 5.56 Å². The minimum Gasteiger partial charge on any atom is -0.398 e. The second-order valence-corrected chi connectivity index (χ2v) is 5.71. The first-order valence-electron chi connectivity index (χ1n) is 7.81. The standard InChI is InChI=1S/C19H19N3O2/c1-3-22(13-9-7-12(2)8-10-13)19(24)15-11-14-16(20)5-4-6-17(14)21-18(15)23/h4-11H,3,20H2,1-2H3,(H,21,23). The number of carbonyl (C=O) groups excluding carboxylic acids is 1. The summed E-state index contributed by atoms with van der Waals surface area (Å²) in [5.74, 6) is -0.340. The summed E-state index contributed by atoms with van der Waals surface area (Å²) in [6.45, 7) is 4.32. The maximum atomic E-state index is 12.9. The Balaban J connectivity index is 2.09. The van der Waals surface area contributed by atoms with E-state index in [2.05, 4.69) is 4.98 Å². The highest BCUT2D eigenvalue weighted by Gasteiger charge is 2.20. The van der Waals surface area contributed by atoms with Crippen LogP contribution in [0.15, 0.2) is 53.3 Å². The molecule has 2 aromatic carbocycles. The SMILES string of the molecule is CCN(C(=O)c1cc2c(N)cccc2[nH]c1=O)c1ccc(C)cc1. The molecule has 0 unspecified atom stereocenters. The van der Waals surface area contributed by atoms with E-state index >= 15 is 0 Å². The van der Waals surface area contributed by atoms with Crippen LogP contribution in [0.5, 0.6) is 0 Å². The highest BCUT2D eigenvalue weighted by molar-refractivity contribution is 6.08. The van der Waals surface area contributed by atoms with Crippen molar-refractivity contribution >= 4 is 28.2 Å². The van der Waals surface area contributed by atoms with E-state index in [1.165, 1.54) is 0 Å². The Morgan fingerprint density at radius 1 is 1.17 bits per heavy atom. The van der Waals surface area contributed by atoms with Crippen molar-refractivity contribution in [3.8, 4) is 0 Å². The topological polar surface area (TPSA) is 79.2 Å². The molecule has 5 heteroatoms. The third-order valence-electron chi connectivity index (χ3n) is 4.06. The third kappa shape index (κ3) is 2.76. The number of carbonyl (C=O) groups is 1. The normalized spacial score (nSPS) is 10.8. The van der Waals surface area contributed by atoms with Crippen LogP contribution in [-0.4, -0.2) is 17.4 Å². The summed E-state index contributed by atoms with van der Waals surface area (Å²) in [6.07, 6.45) is 0. The number of nitrogens with two attached hydrogens (primary N) is 1. The number of anilines is 2. The molecule has 5 nitrogen and oxygen atoms in total. The zero-order valence-corrected chi connectivity index (χ0v) is 13.7. The number of nitrogens with one attached hydrogen (secondary N) is 1. The van der Waals surface area contributed by atoms with Gasteiger partial charge in [0.25, 0.3) is 11.5 Å². The van der Waals surface area contributed by atoms with Gasteiger partial charge in [-0.1, -0.05) is 23.8 Å². The van der Waals surface area contributed by atoms with Gasteiger partial charge < -0.3 is 15.6 Å². The summed E-state index contributed by atoms with van der Waals surface area (Å²) >= 11 is 0. The fourth-order valence-corrected chi connectivity index (χ4v) is 2.73. The molecule has 122 valence electrons. The van der Waals surface area contributed by atoms with Crippen molar-refractivity contribution in [3.63, 3.8) is 0 Å². The lowest BCUT2D eigenvalue weighted by molar-refractivity contribution is 0.0987. The van der Waals surface area contributed by atoms with Crippen LogP contribution in [0.3, 0.4) is 0 Å². The molecule has 1 amide bonds. The van der Waals surface area contributed by atoms with E-state index in [1.807, 2.05) is 38.1 Å². The summed E-state index contributed by atoms with van der Waals surface area (Å²) in [4.78, 5) is 29.6. The fraction of sp³-hybridized carbons (Fsp3) is 0.158. The van der Waals surface area contributed by atoms with Gasteiger partial charge in [-0.15, -0.1) is 0 Å². The van der Waals surface area contributed by atoms with Crippen LogP contribution < -0.4 is 16.2 Å². The number of H-pyrrole nitrogens is 1. The molecule has 0 atom stereocenters. The van der Waals surface area contributed by atoms with Gasteiger partial charge in [0, 0.05) is 23.3 Å². The monoisotopic (exact) mass is 321 g/mol. The molecule has 0 spiro atoms. The molecule has 0 aliphatic heterocycles. The molecule has 0 aliphatic rings. The minimum atomic E-state index is -0.413. The van der Waals surface area contributed by atoms with Crippen molar-refractivity contribution in [1.29, 1.82) is 0 Å². The molecule has 3 aromatic rings. The molecule has 0 saturated carbocycles. The van der Waals surface area contributed by atoms with Gasteiger partial charge >= 0.3 is 0 Å². The van der Waals surface area contributed by atoms with Gasteiger partial charge in [0.05, 0.1) is 5.52 Å². The Morgan fingerprint density at radius 3 is 2.54 bits per heavy atom. The average Bonchev–Trinajstić information content (AvgIpc) is 2.57. The van der Waals surface area contributed by atoms with Crippen molar-refractivity contribution in [2.24, 2.45) is 0 Å². The summed E-state index contributed by atoms with van der Waals surface area (Å²) in [5, 5.41) is 0.667. The summed E-state index contributed by atoms with van der Waals surface area (Å²) in [7, 11) is 0. The maximum absolute atomic E-state index is 12.9. The number of aromatic amines is 1. The van der Waals surface area contributed by atoms with Crippen LogP contribution in [0.25, 0.3) is 10.9 Å². The van der Waals surface area contributed by atoms with Gasteiger partial charge in [-0.25, -0.2) is 0 Å². The first-order chi connectivity index (χ1) is 11.5. The van der Waals surface area contributed by atoms with Crippen LogP contribution >= 0.6 is 0 Å². The van der Waals surface area contributed by atoms with Gasteiger partial charge in [-0.3, -0.25) is 9.59 Å². The molecular formula is C19H19N3O2. The summed E-state index contributed by atoms with van der Waals surface area (Å²) in [5.41, 5.74) is 8.65. The van der Waals surface area contributed by atoms with E-state index < -0.39 is 5.56 Å². The Kier molecular flexibility index (Phi) is 4.08. The molecule has 3 N–H and O–H groups in total. The molecule has 1 aromatic heterocycles. The van der Waals surface area contributed by atoms with E-state index in [1.54, 1.807) is 29.2 Å². The van der Waals surface area contributed by atoms with Crippen LogP contribution in [0.2, 0.25) is 0 Å². The van der Waals surface area contributed by atoms with Gasteiger partial charge in [-0.2, -0.15) is 0 Å². The van der Waals surface area contributed by atoms with Crippen molar-refractivity contribution in [3.05, 3.63) is 70.0 Å². The minimum absolute atomic E-state index is 0.0859. The lowest BCUT2D eigenvalue weighted by Gasteiger charge is -2.21. The molecular weight excluding hydrogens is 302 g/mol. The van der Waals surface area contributed by atoms with Gasteiger partial charge in [0.15, 0.2) is 0 Å². The third-order valence-corrected chi connectivity index (χ3v) is 4.06. The second kappa shape index (κ2) is 6.20. The summed E-state index contributed by atoms with van der Waals surface area (Å²) in [6, 6.07) is 14.5. The lowest BCUT2D eigenvalue weighted by Crippen LogP contribution is -2.34. The zero-order chi connectivity index (χ0) is 17.3. The smallest absolute Gasteiger partial charge is 0.263 e. The molecule has 0 fully saturated rings. The average molecular weight is 321 g/mol. The largest absolute Gasteiger partial charge is 0.398 e. The second-order valence-electron chi connectivity index (χ2n) is 5.71. The number of rotatable bonds is 3. The van der Waals surface area contributed by atoms with Crippen LogP contribution in [-0.2, 0) is 0 Å². The number of fused-ring (bicyclic) bond motifs is 1. The number of nitrogen functional groups attached to an aromatic ring is 1. The Morgan fingerprint density at radius 2 is 1.88 bits per heavy atom. The highest BCUT2D eigenvalue weighted by atomic mass is 16.2. The number of nitrogens with zero attached hydrogens (tertiary/aromatic N) is 1. The zero-order valence-electron chi connectivity index (χ0n) is 13.7. The molecule has 24 heavy (non-hydrogen) atoms. The molecule has 1 heterocycles.